The molecule has 0 aromatic carbocycles. The van der Waals surface area contributed by atoms with Crippen LogP contribution in [-0.4, -0.2) is 23.6 Å². The Labute approximate surface area is 125 Å². The molecule has 17 heavy (non-hydrogen) atoms. The summed E-state index contributed by atoms with van der Waals surface area (Å²) < 4.78 is 4.46. The summed E-state index contributed by atoms with van der Waals surface area (Å²) in [5.41, 5.74) is 0. The summed E-state index contributed by atoms with van der Waals surface area (Å²) in [5, 5.41) is 11.2. The van der Waals surface area contributed by atoms with Crippen molar-refractivity contribution in [3.8, 4) is 0 Å². The average molecular weight is 341 g/mol. The molecule has 0 aliphatic carbocycles. The molecule has 0 saturated heterocycles. The summed E-state index contributed by atoms with van der Waals surface area (Å²) in [7, 11) is 0. The zero-order valence-corrected chi connectivity index (χ0v) is 13.8. The predicted octanol–water partition coefficient (Wildman–Crippen LogP) is 4.85. The maximum absolute atomic E-state index is 11.1. The van der Waals surface area contributed by atoms with E-state index in [9.17, 15) is 4.79 Å². The van der Waals surface area contributed by atoms with Crippen LogP contribution >= 0.6 is 70.6 Å². The Bertz CT molecular complexity index is 450. The molecule has 0 unspecified atom stereocenters. The zero-order valence-electron chi connectivity index (χ0n) is 8.88. The van der Waals surface area contributed by atoms with E-state index in [2.05, 4.69) is 11.7 Å². The average Bonchev–Trinajstić information content (AvgIpc) is 2.94. The fraction of sp³-hybridized carbons (Fsp3) is 0.222. The molecule has 1 N–H and O–H groups in total. The second kappa shape index (κ2) is 6.29. The molecule has 0 aromatic heterocycles. The molecule has 0 spiro atoms. The van der Waals surface area contributed by atoms with E-state index < -0.39 is 5.97 Å². The van der Waals surface area contributed by atoms with Gasteiger partial charge in [-0.1, -0.05) is 47.0 Å². The minimum absolute atomic E-state index is 0.462. The Kier molecular flexibility index (Phi) is 5.26. The third-order valence-corrected chi connectivity index (χ3v) is 9.71. The van der Waals surface area contributed by atoms with Crippen molar-refractivity contribution in [1.29, 1.82) is 0 Å². The van der Waals surface area contributed by atoms with Crippen molar-refractivity contribution in [2.45, 2.75) is 0 Å². The number of carboxylic acids is 1. The Hall–Kier alpha value is 0.790. The lowest BCUT2D eigenvalue weighted by Gasteiger charge is -2.01. The van der Waals surface area contributed by atoms with E-state index in [0.717, 1.165) is 8.47 Å². The largest absolute Gasteiger partial charge is 0.477 e. The van der Waals surface area contributed by atoms with Crippen LogP contribution in [0.4, 0.5) is 0 Å². The van der Waals surface area contributed by atoms with Gasteiger partial charge in [0, 0.05) is 0 Å². The van der Waals surface area contributed by atoms with Crippen LogP contribution in [0.3, 0.4) is 0 Å². The van der Waals surface area contributed by atoms with Gasteiger partial charge in [-0.15, -0.1) is 23.5 Å². The molecule has 8 heteroatoms. The molecule has 2 rings (SSSR count). The molecule has 0 saturated carbocycles. The van der Waals surface area contributed by atoms with Gasteiger partial charge in [0.25, 0.3) is 0 Å². The van der Waals surface area contributed by atoms with Crippen molar-refractivity contribution in [2.24, 2.45) is 0 Å². The molecule has 0 bridgehead atoms. The van der Waals surface area contributed by atoms with Crippen LogP contribution in [0.25, 0.3) is 0 Å². The Morgan fingerprint density at radius 3 is 2.41 bits per heavy atom. The van der Waals surface area contributed by atoms with Gasteiger partial charge >= 0.3 is 5.97 Å². The number of thioether (sulfide) groups is 6. The first-order valence-electron chi connectivity index (χ1n) is 4.36. The van der Waals surface area contributed by atoms with Crippen molar-refractivity contribution < 1.29 is 9.90 Å². The molecular formula is C9H8O2S6. The molecule has 2 aliphatic heterocycles. The smallest absolute Gasteiger partial charge is 0.344 e. The van der Waals surface area contributed by atoms with Crippen LogP contribution in [0.2, 0.25) is 0 Å². The SMILES string of the molecule is CSC1=CSC(=C2SC(SC)=C(C(=O)O)S2)S1. The van der Waals surface area contributed by atoms with Gasteiger partial charge in [-0.25, -0.2) is 4.79 Å². The molecule has 92 valence electrons. The van der Waals surface area contributed by atoms with Crippen molar-refractivity contribution in [2.75, 3.05) is 12.5 Å². The van der Waals surface area contributed by atoms with E-state index >= 15 is 0 Å². The molecule has 0 amide bonds. The van der Waals surface area contributed by atoms with Gasteiger partial charge in [0.2, 0.25) is 0 Å². The van der Waals surface area contributed by atoms with Gasteiger partial charge in [-0.05, 0) is 17.9 Å². The number of aliphatic carboxylic acids is 1. The van der Waals surface area contributed by atoms with Gasteiger partial charge in [0.05, 0.1) is 16.9 Å². The highest BCUT2D eigenvalue weighted by Gasteiger charge is 2.29. The molecule has 0 fully saturated rings. The number of hydrogen-bond acceptors (Lipinski definition) is 7. The standard InChI is InChI=1S/C9H8O2S6/c1-12-4-3-14-8(15-4)9-16-5(6(10)11)7(13-2)17-9/h3H,1-2H3,(H,10,11). The van der Waals surface area contributed by atoms with Crippen molar-refractivity contribution in [3.05, 3.63) is 27.3 Å². The summed E-state index contributed by atoms with van der Waals surface area (Å²) in [6.45, 7) is 0. The van der Waals surface area contributed by atoms with Crippen molar-refractivity contribution >= 4 is 76.5 Å². The topological polar surface area (TPSA) is 37.3 Å². The lowest BCUT2D eigenvalue weighted by atomic mass is 10.6. The van der Waals surface area contributed by atoms with E-state index in [4.69, 9.17) is 5.11 Å². The first-order valence-corrected chi connectivity index (χ1v) is 10.1. The van der Waals surface area contributed by atoms with Crippen LogP contribution in [0.5, 0.6) is 0 Å². The second-order valence-electron chi connectivity index (χ2n) is 2.77. The maximum atomic E-state index is 11.1. The quantitative estimate of drug-likeness (QED) is 0.781. The van der Waals surface area contributed by atoms with Crippen LogP contribution in [0.1, 0.15) is 0 Å². The minimum Gasteiger partial charge on any atom is -0.477 e. The normalized spacial score (nSPS) is 24.5. The number of hydrogen-bond donors (Lipinski definition) is 1. The van der Waals surface area contributed by atoms with Crippen LogP contribution in [0.15, 0.2) is 27.3 Å². The molecule has 2 aliphatic rings. The predicted molar refractivity (Wildman–Crippen MR) is 87.2 cm³/mol. The van der Waals surface area contributed by atoms with Crippen LogP contribution in [-0.2, 0) is 4.79 Å². The van der Waals surface area contributed by atoms with E-state index in [-0.39, 0.29) is 0 Å². The monoisotopic (exact) mass is 340 g/mol. The molecule has 2 nitrogen and oxygen atoms in total. The summed E-state index contributed by atoms with van der Waals surface area (Å²) in [4.78, 5) is 11.6. The fourth-order valence-electron chi connectivity index (χ4n) is 1.06. The van der Waals surface area contributed by atoms with Gasteiger partial charge in [-0.3, -0.25) is 0 Å². The molecule has 0 radical (unpaired) electrons. The Balaban J connectivity index is 2.15. The second-order valence-corrected chi connectivity index (χ2v) is 9.44. The number of carbonyl (C=O) groups is 1. The zero-order chi connectivity index (χ0) is 12.4. The third-order valence-electron chi connectivity index (χ3n) is 1.77. The lowest BCUT2D eigenvalue weighted by Crippen LogP contribution is -1.95. The summed E-state index contributed by atoms with van der Waals surface area (Å²) in [6.07, 6.45) is 3.97. The van der Waals surface area contributed by atoms with E-state index in [1.54, 1.807) is 47.0 Å². The van der Waals surface area contributed by atoms with Crippen LogP contribution < -0.4 is 0 Å². The first kappa shape index (κ1) is 14.2. The van der Waals surface area contributed by atoms with Gasteiger partial charge < -0.3 is 5.11 Å². The Morgan fingerprint density at radius 1 is 1.18 bits per heavy atom. The first-order chi connectivity index (χ1) is 8.15. The van der Waals surface area contributed by atoms with Crippen molar-refractivity contribution in [1.82, 2.24) is 0 Å². The van der Waals surface area contributed by atoms with E-state index in [1.807, 2.05) is 6.26 Å². The summed E-state index contributed by atoms with van der Waals surface area (Å²) in [5.74, 6) is -0.825. The van der Waals surface area contributed by atoms with E-state index in [1.165, 1.54) is 32.0 Å². The third kappa shape index (κ3) is 3.22. The highest BCUT2D eigenvalue weighted by molar-refractivity contribution is 8.40. The number of carboxylic acid groups (broad SMARTS) is 1. The fourth-order valence-corrected chi connectivity index (χ4v) is 8.05. The highest BCUT2D eigenvalue weighted by atomic mass is 32.2. The Morgan fingerprint density at radius 2 is 1.94 bits per heavy atom. The minimum atomic E-state index is -0.825. The van der Waals surface area contributed by atoms with Gasteiger partial charge in [-0.2, -0.15) is 0 Å². The molecule has 0 aromatic rings. The number of rotatable bonds is 3. The summed E-state index contributed by atoms with van der Waals surface area (Å²) in [6, 6.07) is 0. The summed E-state index contributed by atoms with van der Waals surface area (Å²) >= 11 is 9.60. The van der Waals surface area contributed by atoms with Crippen LogP contribution in [0, 0.1) is 0 Å². The molecule has 2 heterocycles. The highest BCUT2D eigenvalue weighted by Crippen LogP contribution is 2.60. The van der Waals surface area contributed by atoms with Crippen molar-refractivity contribution in [3.63, 3.8) is 0 Å². The molecular weight excluding hydrogens is 332 g/mol. The van der Waals surface area contributed by atoms with Gasteiger partial charge in [0.15, 0.2) is 0 Å². The van der Waals surface area contributed by atoms with Gasteiger partial charge in [0.1, 0.15) is 4.91 Å². The lowest BCUT2D eigenvalue weighted by molar-refractivity contribution is -0.131. The maximum Gasteiger partial charge on any atom is 0.344 e. The van der Waals surface area contributed by atoms with E-state index in [0.29, 0.717) is 4.91 Å². The molecule has 0 atom stereocenters.